The number of hydrogen-bond donors (Lipinski definition) is 2. The van der Waals surface area contributed by atoms with Gasteiger partial charge < -0.3 is 0 Å². The molecular weight excluding hydrogens is 479 g/mol. The molecule has 3 heterocycles. The zero-order chi connectivity index (χ0) is 21.7. The molecule has 160 valence electrons. The van der Waals surface area contributed by atoms with Crippen molar-refractivity contribution in [3.05, 3.63) is 74.5 Å². The van der Waals surface area contributed by atoms with Gasteiger partial charge in [0, 0.05) is 16.6 Å². The highest BCUT2D eigenvalue weighted by atomic mass is 35.5. The zero-order valence-corrected chi connectivity index (χ0v) is 19.3. The highest BCUT2D eigenvalue weighted by Gasteiger charge is 2.36. The van der Waals surface area contributed by atoms with Crippen LogP contribution in [-0.4, -0.2) is 30.0 Å². The standard InChI is InChI=1S/C20H17Cl3N6OS/c1-10-18(12-5-6-14(22)15(23)8-12)28-29-19(26-27-20(29)31(10)30)17-9-16(24-25-17)11-3-2-4-13(21)7-11/h2-8,10,16-17,24-25H,9H2,1H3. The minimum atomic E-state index is -1.41. The van der Waals surface area contributed by atoms with Crippen LogP contribution in [0.4, 0.5) is 0 Å². The quantitative estimate of drug-likeness (QED) is 0.566. The summed E-state index contributed by atoms with van der Waals surface area (Å²) in [6.07, 6.45) is 0.707. The van der Waals surface area contributed by atoms with Gasteiger partial charge in [0.15, 0.2) is 5.82 Å². The second-order valence-corrected chi connectivity index (χ2v) is 10.3. The van der Waals surface area contributed by atoms with Gasteiger partial charge in [-0.2, -0.15) is 9.78 Å². The molecule has 4 atom stereocenters. The number of benzene rings is 2. The van der Waals surface area contributed by atoms with E-state index >= 15 is 0 Å². The summed E-state index contributed by atoms with van der Waals surface area (Å²) < 4.78 is 14.7. The predicted octanol–water partition coefficient (Wildman–Crippen LogP) is 4.28. The summed E-state index contributed by atoms with van der Waals surface area (Å²) in [5.74, 6) is 0.588. The van der Waals surface area contributed by atoms with Crippen molar-refractivity contribution < 1.29 is 4.21 Å². The maximum Gasteiger partial charge on any atom is 0.243 e. The van der Waals surface area contributed by atoms with Gasteiger partial charge in [0.2, 0.25) is 5.16 Å². The van der Waals surface area contributed by atoms with Crippen LogP contribution >= 0.6 is 34.8 Å². The molecule has 4 unspecified atom stereocenters. The summed E-state index contributed by atoms with van der Waals surface area (Å²) >= 11 is 18.4. The van der Waals surface area contributed by atoms with E-state index in [0.29, 0.717) is 38.2 Å². The Kier molecular flexibility index (Phi) is 5.62. The fourth-order valence-electron chi connectivity index (χ4n) is 3.78. The number of hydrogen-bond acceptors (Lipinski definition) is 6. The van der Waals surface area contributed by atoms with E-state index in [4.69, 9.17) is 39.9 Å². The molecular formula is C20H17Cl3N6OS. The zero-order valence-electron chi connectivity index (χ0n) is 16.2. The van der Waals surface area contributed by atoms with Crippen LogP contribution < -0.4 is 10.9 Å². The Morgan fingerprint density at radius 2 is 1.84 bits per heavy atom. The Morgan fingerprint density at radius 3 is 2.61 bits per heavy atom. The molecule has 2 aromatic carbocycles. The van der Waals surface area contributed by atoms with Crippen LogP contribution in [0.2, 0.25) is 15.1 Å². The number of rotatable bonds is 3. The SMILES string of the molecule is CC1C(c2ccc(Cl)c(Cl)c2)=Nn2c(C3CC(c4cccc(Cl)c4)NN3)nnc2S1=O. The number of nitrogens with one attached hydrogen (secondary N) is 2. The van der Waals surface area contributed by atoms with Gasteiger partial charge in [-0.05, 0) is 43.2 Å². The van der Waals surface area contributed by atoms with Crippen LogP contribution in [0.1, 0.15) is 42.4 Å². The Balaban J connectivity index is 1.49. The van der Waals surface area contributed by atoms with E-state index in [9.17, 15) is 4.21 Å². The second kappa shape index (κ2) is 8.27. The molecule has 2 aliphatic heterocycles. The van der Waals surface area contributed by atoms with Gasteiger partial charge in [0.25, 0.3) is 0 Å². The van der Waals surface area contributed by atoms with Crippen molar-refractivity contribution in [3.8, 4) is 0 Å². The van der Waals surface area contributed by atoms with Gasteiger partial charge in [-0.15, -0.1) is 10.2 Å². The molecule has 0 aliphatic carbocycles. The topological polar surface area (TPSA) is 84.2 Å². The summed E-state index contributed by atoms with van der Waals surface area (Å²) in [4.78, 5) is 0. The molecule has 7 nitrogen and oxygen atoms in total. The number of aromatic nitrogens is 3. The molecule has 0 radical (unpaired) electrons. The maximum atomic E-state index is 13.1. The first-order valence-corrected chi connectivity index (χ1v) is 11.9. The molecule has 0 saturated carbocycles. The lowest BCUT2D eigenvalue weighted by Crippen LogP contribution is -2.32. The van der Waals surface area contributed by atoms with Crippen LogP contribution in [0.15, 0.2) is 52.7 Å². The van der Waals surface area contributed by atoms with Crippen molar-refractivity contribution in [3.63, 3.8) is 0 Å². The third-order valence-electron chi connectivity index (χ3n) is 5.41. The number of nitrogens with zero attached hydrogens (tertiary/aromatic N) is 4. The molecule has 5 rings (SSSR count). The minimum Gasteiger partial charge on any atom is -0.250 e. The molecule has 31 heavy (non-hydrogen) atoms. The molecule has 0 spiro atoms. The van der Waals surface area contributed by atoms with Crippen molar-refractivity contribution in [1.29, 1.82) is 0 Å². The molecule has 1 aromatic heterocycles. The van der Waals surface area contributed by atoms with Crippen LogP contribution in [0.5, 0.6) is 0 Å². The Morgan fingerprint density at radius 1 is 1.03 bits per heavy atom. The van der Waals surface area contributed by atoms with Crippen molar-refractivity contribution >= 4 is 51.3 Å². The van der Waals surface area contributed by atoms with Crippen molar-refractivity contribution in [2.45, 2.75) is 35.8 Å². The van der Waals surface area contributed by atoms with Crippen LogP contribution in [0.3, 0.4) is 0 Å². The Bertz CT molecular complexity index is 1230. The summed E-state index contributed by atoms with van der Waals surface area (Å²) in [7, 11) is -1.41. The van der Waals surface area contributed by atoms with E-state index in [1.54, 1.807) is 16.8 Å². The monoisotopic (exact) mass is 494 g/mol. The van der Waals surface area contributed by atoms with Gasteiger partial charge in [0.1, 0.15) is 10.8 Å². The molecule has 1 saturated heterocycles. The highest BCUT2D eigenvalue weighted by molar-refractivity contribution is 7.86. The van der Waals surface area contributed by atoms with Gasteiger partial charge in [0.05, 0.1) is 27.0 Å². The van der Waals surface area contributed by atoms with Crippen molar-refractivity contribution in [2.24, 2.45) is 5.10 Å². The van der Waals surface area contributed by atoms with E-state index in [2.05, 4.69) is 21.0 Å². The van der Waals surface area contributed by atoms with E-state index in [-0.39, 0.29) is 17.3 Å². The lowest BCUT2D eigenvalue weighted by molar-refractivity contribution is 0.519. The Labute approximate surface area is 196 Å². The predicted molar refractivity (Wildman–Crippen MR) is 122 cm³/mol. The maximum absolute atomic E-state index is 13.1. The van der Waals surface area contributed by atoms with E-state index < -0.39 is 10.8 Å². The average molecular weight is 496 g/mol. The molecule has 11 heteroatoms. The molecule has 0 bridgehead atoms. The molecule has 0 amide bonds. The summed E-state index contributed by atoms with van der Waals surface area (Å²) in [6, 6.07) is 12.8. The van der Waals surface area contributed by atoms with Gasteiger partial charge in [-0.3, -0.25) is 4.21 Å². The largest absolute Gasteiger partial charge is 0.250 e. The first-order valence-electron chi connectivity index (χ1n) is 9.59. The van der Waals surface area contributed by atoms with Gasteiger partial charge >= 0.3 is 0 Å². The average Bonchev–Trinajstić information content (AvgIpc) is 3.40. The second-order valence-electron chi connectivity index (χ2n) is 7.39. The molecule has 3 aromatic rings. The summed E-state index contributed by atoms with van der Waals surface area (Å²) in [5.41, 5.74) is 9.00. The lowest BCUT2D eigenvalue weighted by atomic mass is 10.0. The van der Waals surface area contributed by atoms with Crippen LogP contribution in [0, 0.1) is 0 Å². The fraction of sp³-hybridized carbons (Fsp3) is 0.250. The summed E-state index contributed by atoms with van der Waals surface area (Å²) in [6.45, 7) is 1.85. The Hall–Kier alpha value is -1.81. The van der Waals surface area contributed by atoms with E-state index in [1.165, 1.54) is 0 Å². The molecule has 1 fully saturated rings. The first-order chi connectivity index (χ1) is 14.9. The highest BCUT2D eigenvalue weighted by Crippen LogP contribution is 2.33. The van der Waals surface area contributed by atoms with E-state index in [1.807, 2.05) is 37.3 Å². The minimum absolute atomic E-state index is 0.0446. The van der Waals surface area contributed by atoms with Crippen molar-refractivity contribution in [2.75, 3.05) is 0 Å². The third-order valence-corrected chi connectivity index (χ3v) is 7.87. The van der Waals surface area contributed by atoms with E-state index in [0.717, 1.165) is 11.1 Å². The molecule has 2 N–H and O–H groups in total. The number of fused-ring (bicyclic) bond motifs is 1. The first kappa shape index (κ1) is 21.1. The number of hydrazine groups is 1. The molecule has 2 aliphatic rings. The van der Waals surface area contributed by atoms with Gasteiger partial charge in [-0.25, -0.2) is 10.9 Å². The van der Waals surface area contributed by atoms with Crippen LogP contribution in [-0.2, 0) is 10.8 Å². The van der Waals surface area contributed by atoms with Crippen molar-refractivity contribution in [1.82, 2.24) is 25.7 Å². The van der Waals surface area contributed by atoms with Gasteiger partial charge in [-0.1, -0.05) is 53.0 Å². The smallest absolute Gasteiger partial charge is 0.243 e. The normalized spacial score (nSPS) is 25.4. The lowest BCUT2D eigenvalue weighted by Gasteiger charge is -2.21. The fourth-order valence-corrected chi connectivity index (χ4v) is 5.40. The number of halogens is 3. The van der Waals surface area contributed by atoms with Crippen LogP contribution in [0.25, 0.3) is 0 Å². The summed E-state index contributed by atoms with van der Waals surface area (Å²) in [5, 5.41) is 14.8. The third kappa shape index (κ3) is 3.82.